The molecule has 1 aliphatic carbocycles. The summed E-state index contributed by atoms with van der Waals surface area (Å²) in [4.78, 5) is 26.3. The van der Waals surface area contributed by atoms with Gasteiger partial charge in [-0.3, -0.25) is 4.79 Å². The number of morpholine rings is 2. The Morgan fingerprint density at radius 3 is 2.37 bits per heavy atom. The van der Waals surface area contributed by atoms with Crippen LogP contribution >= 0.6 is 0 Å². The Kier molecular flexibility index (Phi) is 7.62. The highest BCUT2D eigenvalue weighted by Gasteiger charge is 2.44. The predicted molar refractivity (Wildman–Crippen MR) is 123 cm³/mol. The number of carbonyl (C=O) groups excluding carboxylic acids is 1. The third kappa shape index (κ3) is 5.76. The van der Waals surface area contributed by atoms with Gasteiger partial charge in [-0.25, -0.2) is 0 Å². The van der Waals surface area contributed by atoms with E-state index in [0.29, 0.717) is 51.3 Å². The predicted octanol–water partition coefficient (Wildman–Crippen LogP) is 2.56. The van der Waals surface area contributed by atoms with Crippen molar-refractivity contribution in [2.24, 2.45) is 5.92 Å². The summed E-state index contributed by atoms with van der Waals surface area (Å²) in [6, 6.07) is 1.72. The Labute approximate surface area is 201 Å². The SMILES string of the molecule is COC1C=CC(C(=O)Nc2cc(N3CCOC[C@@H]3C)nc(N3CCOC[C@@H]3C)n2)=CC1C(F)(F)F. The Balaban J connectivity index is 1.63. The zero-order valence-corrected chi connectivity index (χ0v) is 19.9. The summed E-state index contributed by atoms with van der Waals surface area (Å²) in [5, 5.41) is 2.67. The van der Waals surface area contributed by atoms with Gasteiger partial charge in [0.05, 0.1) is 44.6 Å². The van der Waals surface area contributed by atoms with E-state index in [1.54, 1.807) is 6.07 Å². The first-order valence-electron chi connectivity index (χ1n) is 11.6. The number of nitrogens with one attached hydrogen (secondary N) is 1. The standard InChI is InChI=1S/C23H30F3N5O4/c1-14-12-34-8-6-30(14)20-11-19(28-22(29-20)31-7-9-35-13-15(31)2)27-21(32)16-4-5-18(33-3)17(10-16)23(24,25)26/h4-5,10-11,14-15,17-18H,6-9,12-13H2,1-3H3,(H,27,28,29,32)/t14-,15-,17?,18?/m0/s1. The molecule has 1 N–H and O–H groups in total. The lowest BCUT2D eigenvalue weighted by molar-refractivity contribution is -0.182. The second-order valence-electron chi connectivity index (χ2n) is 8.85. The van der Waals surface area contributed by atoms with Crippen molar-refractivity contribution < 1.29 is 32.2 Å². The summed E-state index contributed by atoms with van der Waals surface area (Å²) >= 11 is 0. The number of carbonyl (C=O) groups is 1. The lowest BCUT2D eigenvalue weighted by Crippen LogP contribution is -2.46. The molecule has 0 spiro atoms. The maximum absolute atomic E-state index is 13.5. The van der Waals surface area contributed by atoms with Gasteiger partial charge < -0.3 is 29.3 Å². The first-order chi connectivity index (χ1) is 16.7. The van der Waals surface area contributed by atoms with Gasteiger partial charge in [-0.05, 0) is 13.8 Å². The number of aromatic nitrogens is 2. The molecule has 35 heavy (non-hydrogen) atoms. The van der Waals surface area contributed by atoms with E-state index in [1.165, 1.54) is 19.3 Å². The van der Waals surface area contributed by atoms with Crippen LogP contribution in [0.25, 0.3) is 0 Å². The molecule has 4 rings (SSSR count). The summed E-state index contributed by atoms with van der Waals surface area (Å²) in [7, 11) is 1.20. The van der Waals surface area contributed by atoms with Crippen LogP contribution in [-0.4, -0.2) is 86.9 Å². The molecule has 0 radical (unpaired) electrons. The number of methoxy groups -OCH3 is 1. The van der Waals surface area contributed by atoms with Crippen LogP contribution < -0.4 is 15.1 Å². The molecule has 9 nitrogen and oxygen atoms in total. The van der Waals surface area contributed by atoms with Gasteiger partial charge in [-0.2, -0.15) is 23.1 Å². The second-order valence-corrected chi connectivity index (χ2v) is 8.85. The Morgan fingerprint density at radius 2 is 1.77 bits per heavy atom. The van der Waals surface area contributed by atoms with Gasteiger partial charge in [0.1, 0.15) is 17.6 Å². The quantitative estimate of drug-likeness (QED) is 0.664. The van der Waals surface area contributed by atoms with E-state index in [4.69, 9.17) is 19.2 Å². The van der Waals surface area contributed by atoms with Crippen LogP contribution in [-0.2, 0) is 19.0 Å². The van der Waals surface area contributed by atoms with Crippen LogP contribution in [0.15, 0.2) is 29.9 Å². The van der Waals surface area contributed by atoms with E-state index >= 15 is 0 Å². The maximum atomic E-state index is 13.5. The monoisotopic (exact) mass is 497 g/mol. The molecule has 0 saturated carbocycles. The Bertz CT molecular complexity index is 946. The number of amides is 1. The third-order valence-electron chi connectivity index (χ3n) is 6.32. The van der Waals surface area contributed by atoms with Gasteiger partial charge >= 0.3 is 6.18 Å². The highest BCUT2D eigenvalue weighted by Crippen LogP contribution is 2.35. The van der Waals surface area contributed by atoms with Crippen molar-refractivity contribution in [2.45, 2.75) is 38.2 Å². The highest BCUT2D eigenvalue weighted by atomic mass is 19.4. The van der Waals surface area contributed by atoms with Crippen LogP contribution in [0.2, 0.25) is 0 Å². The van der Waals surface area contributed by atoms with Crippen LogP contribution in [0.5, 0.6) is 0 Å². The van der Waals surface area contributed by atoms with Crippen molar-refractivity contribution in [1.82, 2.24) is 9.97 Å². The van der Waals surface area contributed by atoms with E-state index < -0.39 is 24.1 Å². The molecule has 3 heterocycles. The van der Waals surface area contributed by atoms with Gasteiger partial charge in [-0.1, -0.05) is 18.2 Å². The number of alkyl halides is 3. The molecule has 2 saturated heterocycles. The first-order valence-corrected chi connectivity index (χ1v) is 11.6. The molecule has 12 heteroatoms. The topological polar surface area (TPSA) is 89.0 Å². The van der Waals surface area contributed by atoms with Gasteiger partial charge in [0.25, 0.3) is 5.91 Å². The summed E-state index contributed by atoms with van der Waals surface area (Å²) in [5.74, 6) is -1.36. The number of hydrogen-bond donors (Lipinski definition) is 1. The molecule has 1 aromatic rings. The van der Waals surface area contributed by atoms with Crippen LogP contribution in [0.4, 0.5) is 30.8 Å². The molecule has 2 fully saturated rings. The van der Waals surface area contributed by atoms with E-state index in [9.17, 15) is 18.0 Å². The van der Waals surface area contributed by atoms with Crippen molar-refractivity contribution in [3.63, 3.8) is 0 Å². The number of anilines is 3. The average Bonchev–Trinajstić information content (AvgIpc) is 2.83. The van der Waals surface area contributed by atoms with Gasteiger partial charge in [0.2, 0.25) is 5.95 Å². The van der Waals surface area contributed by atoms with Gasteiger partial charge in [-0.15, -0.1) is 0 Å². The van der Waals surface area contributed by atoms with E-state index in [-0.39, 0.29) is 23.5 Å². The molecule has 1 aromatic heterocycles. The van der Waals surface area contributed by atoms with E-state index in [0.717, 1.165) is 6.08 Å². The van der Waals surface area contributed by atoms with Crippen molar-refractivity contribution in [3.05, 3.63) is 29.9 Å². The number of nitrogens with zero attached hydrogens (tertiary/aromatic N) is 4. The van der Waals surface area contributed by atoms with Gasteiger partial charge in [0, 0.05) is 31.8 Å². The van der Waals surface area contributed by atoms with Crippen molar-refractivity contribution >= 4 is 23.5 Å². The molecule has 0 aromatic carbocycles. The summed E-state index contributed by atoms with van der Waals surface area (Å²) < 4.78 is 56.4. The van der Waals surface area contributed by atoms with Crippen LogP contribution in [0.1, 0.15) is 13.8 Å². The number of ether oxygens (including phenoxy) is 3. The largest absolute Gasteiger partial charge is 0.397 e. The summed E-state index contributed by atoms with van der Waals surface area (Å²) in [6.45, 7) is 7.30. The zero-order valence-electron chi connectivity index (χ0n) is 19.9. The fourth-order valence-corrected chi connectivity index (χ4v) is 4.36. The lowest BCUT2D eigenvalue weighted by atomic mass is 9.92. The Hall–Kier alpha value is -2.70. The smallest absolute Gasteiger partial charge is 0.377 e. The van der Waals surface area contributed by atoms with Crippen molar-refractivity contribution in [3.8, 4) is 0 Å². The molecule has 192 valence electrons. The number of hydrogen-bond acceptors (Lipinski definition) is 8. The molecule has 1 amide bonds. The minimum Gasteiger partial charge on any atom is -0.377 e. The number of halogens is 3. The second kappa shape index (κ2) is 10.5. The minimum absolute atomic E-state index is 0.0205. The van der Waals surface area contributed by atoms with Crippen LogP contribution in [0.3, 0.4) is 0 Å². The fourth-order valence-electron chi connectivity index (χ4n) is 4.36. The zero-order chi connectivity index (χ0) is 25.2. The van der Waals surface area contributed by atoms with Gasteiger partial charge in [0.15, 0.2) is 0 Å². The Morgan fingerprint density at radius 1 is 1.11 bits per heavy atom. The number of rotatable bonds is 5. The van der Waals surface area contributed by atoms with E-state index in [2.05, 4.69) is 15.2 Å². The fraction of sp³-hybridized carbons (Fsp3) is 0.609. The maximum Gasteiger partial charge on any atom is 0.397 e. The molecule has 4 atom stereocenters. The molecule has 0 bridgehead atoms. The third-order valence-corrected chi connectivity index (χ3v) is 6.32. The summed E-state index contributed by atoms with van der Waals surface area (Å²) in [5.41, 5.74) is -0.109. The van der Waals surface area contributed by atoms with Crippen molar-refractivity contribution in [1.29, 1.82) is 0 Å². The minimum atomic E-state index is -4.55. The molecule has 2 aliphatic heterocycles. The molecule has 3 aliphatic rings. The highest BCUT2D eigenvalue weighted by molar-refractivity contribution is 6.05. The molecular formula is C23H30F3N5O4. The lowest BCUT2D eigenvalue weighted by Gasteiger charge is -2.36. The van der Waals surface area contributed by atoms with Crippen LogP contribution in [0, 0.1) is 5.92 Å². The van der Waals surface area contributed by atoms with E-state index in [1.807, 2.05) is 18.7 Å². The normalized spacial score (nSPS) is 27.5. The first kappa shape index (κ1) is 25.4. The van der Waals surface area contributed by atoms with Crippen molar-refractivity contribution in [2.75, 3.05) is 61.7 Å². The molecular weight excluding hydrogens is 467 g/mol. The average molecular weight is 498 g/mol. The summed E-state index contributed by atoms with van der Waals surface area (Å²) in [6.07, 6.45) is -2.27. The molecule has 2 unspecified atom stereocenters.